The van der Waals surface area contributed by atoms with Gasteiger partial charge in [-0.05, 0) is 49.0 Å². The summed E-state index contributed by atoms with van der Waals surface area (Å²) in [6.07, 6.45) is 1.55. The van der Waals surface area contributed by atoms with Gasteiger partial charge in [-0.25, -0.2) is 9.59 Å². The summed E-state index contributed by atoms with van der Waals surface area (Å²) in [5, 5.41) is 8.81. The molecule has 10 nitrogen and oxygen atoms in total. The van der Waals surface area contributed by atoms with Gasteiger partial charge in [-0.2, -0.15) is 4.98 Å². The number of amides is 1. The van der Waals surface area contributed by atoms with Crippen LogP contribution in [0.1, 0.15) is 39.4 Å². The molecule has 178 valence electrons. The molecule has 0 saturated carbocycles. The molecule has 3 heterocycles. The third kappa shape index (κ3) is 5.49. The van der Waals surface area contributed by atoms with Crippen molar-refractivity contribution in [2.24, 2.45) is 5.92 Å². The van der Waals surface area contributed by atoms with Crippen LogP contribution in [0.5, 0.6) is 0 Å². The highest BCUT2D eigenvalue weighted by atomic mass is 32.1. The Morgan fingerprint density at radius 2 is 1.91 bits per heavy atom. The maximum Gasteiger partial charge on any atom is 0.337 e. The third-order valence-electron chi connectivity index (χ3n) is 5.49. The van der Waals surface area contributed by atoms with E-state index in [0.29, 0.717) is 36.9 Å². The van der Waals surface area contributed by atoms with E-state index < -0.39 is 11.9 Å². The minimum atomic E-state index is -0.619. The topological polar surface area (TPSA) is 124 Å². The van der Waals surface area contributed by atoms with Crippen molar-refractivity contribution in [3.63, 3.8) is 0 Å². The molecule has 0 bridgehead atoms. The molecule has 1 N–H and O–H groups in total. The molecule has 0 aliphatic carbocycles. The lowest BCUT2D eigenvalue weighted by molar-refractivity contribution is -0.121. The Kier molecular flexibility index (Phi) is 7.33. The number of likely N-dealkylation sites (tertiary alicyclic amines) is 1. The first-order chi connectivity index (χ1) is 16.5. The molecule has 4 rings (SSSR count). The van der Waals surface area contributed by atoms with Crippen LogP contribution in [0.2, 0.25) is 0 Å². The number of piperidine rings is 1. The van der Waals surface area contributed by atoms with Crippen LogP contribution in [0.4, 0.5) is 5.69 Å². The van der Waals surface area contributed by atoms with Gasteiger partial charge in [0.2, 0.25) is 17.6 Å². The van der Waals surface area contributed by atoms with E-state index in [1.807, 2.05) is 17.5 Å². The van der Waals surface area contributed by atoms with E-state index in [1.54, 1.807) is 0 Å². The largest absolute Gasteiger partial charge is 0.465 e. The highest BCUT2D eigenvalue weighted by Gasteiger charge is 2.27. The number of benzene rings is 1. The molecule has 1 aliphatic rings. The number of nitrogens with zero attached hydrogens (tertiary/aromatic N) is 3. The first-order valence-electron chi connectivity index (χ1n) is 10.7. The van der Waals surface area contributed by atoms with Gasteiger partial charge in [-0.3, -0.25) is 9.69 Å². The van der Waals surface area contributed by atoms with Gasteiger partial charge in [0.05, 0.1) is 42.7 Å². The standard InChI is InChI=1S/C23H24N4O6S/c1-31-22(29)15-9-16(23(30)32-2)11-17(10-15)24-21(28)14-5-3-7-27(12-14)13-19-25-20(26-33-19)18-6-4-8-34-18/h4,6,8-11,14H,3,5,7,12-13H2,1-2H3,(H,24,28). The van der Waals surface area contributed by atoms with Gasteiger partial charge in [0, 0.05) is 12.2 Å². The normalized spacial score (nSPS) is 16.1. The first kappa shape index (κ1) is 23.6. The summed E-state index contributed by atoms with van der Waals surface area (Å²) in [4.78, 5) is 44.5. The molecule has 1 unspecified atom stereocenters. The summed E-state index contributed by atoms with van der Waals surface area (Å²) in [5.74, 6) is -0.663. The molecule has 1 aliphatic heterocycles. The van der Waals surface area contributed by atoms with Crippen molar-refractivity contribution < 1.29 is 28.4 Å². The van der Waals surface area contributed by atoms with Gasteiger partial charge in [0.25, 0.3) is 0 Å². The molecule has 1 saturated heterocycles. The molecule has 11 heteroatoms. The summed E-state index contributed by atoms with van der Waals surface area (Å²) in [7, 11) is 2.49. The van der Waals surface area contributed by atoms with Crippen LogP contribution >= 0.6 is 11.3 Å². The number of thiophene rings is 1. The van der Waals surface area contributed by atoms with Crippen LogP contribution in [0.3, 0.4) is 0 Å². The van der Waals surface area contributed by atoms with Crippen molar-refractivity contribution in [1.82, 2.24) is 15.0 Å². The molecule has 1 atom stereocenters. The van der Waals surface area contributed by atoms with Crippen LogP contribution in [-0.2, 0) is 20.8 Å². The average Bonchev–Trinajstić information content (AvgIpc) is 3.55. The second kappa shape index (κ2) is 10.6. The van der Waals surface area contributed by atoms with E-state index in [2.05, 4.69) is 20.4 Å². The fraction of sp³-hybridized carbons (Fsp3) is 0.348. The van der Waals surface area contributed by atoms with Crippen LogP contribution in [0.25, 0.3) is 10.7 Å². The number of ether oxygens (including phenoxy) is 2. The van der Waals surface area contributed by atoms with Gasteiger partial charge < -0.3 is 19.3 Å². The predicted octanol–water partition coefficient (Wildman–Crippen LogP) is 3.22. The van der Waals surface area contributed by atoms with Crippen molar-refractivity contribution in [3.05, 3.63) is 52.7 Å². The van der Waals surface area contributed by atoms with E-state index in [4.69, 9.17) is 14.0 Å². The molecule has 1 aromatic carbocycles. The summed E-state index contributed by atoms with van der Waals surface area (Å²) >= 11 is 1.54. The number of esters is 2. The number of methoxy groups -OCH3 is 2. The van der Waals surface area contributed by atoms with Crippen LogP contribution in [0, 0.1) is 5.92 Å². The SMILES string of the molecule is COC(=O)c1cc(NC(=O)C2CCCN(Cc3nc(-c4cccs4)no3)C2)cc(C(=O)OC)c1. The second-order valence-corrected chi connectivity index (χ2v) is 8.78. The first-order valence-corrected chi connectivity index (χ1v) is 11.6. The molecule has 34 heavy (non-hydrogen) atoms. The Balaban J connectivity index is 1.42. The monoisotopic (exact) mass is 484 g/mol. The number of hydrogen-bond acceptors (Lipinski definition) is 10. The Morgan fingerprint density at radius 1 is 1.18 bits per heavy atom. The Hall–Kier alpha value is -3.57. The fourth-order valence-corrected chi connectivity index (χ4v) is 4.49. The Morgan fingerprint density at radius 3 is 2.56 bits per heavy atom. The minimum Gasteiger partial charge on any atom is -0.465 e. The van der Waals surface area contributed by atoms with E-state index >= 15 is 0 Å². The highest BCUT2D eigenvalue weighted by Crippen LogP contribution is 2.24. The molecule has 1 amide bonds. The number of hydrogen-bond donors (Lipinski definition) is 1. The third-order valence-corrected chi connectivity index (χ3v) is 6.35. The zero-order valence-corrected chi connectivity index (χ0v) is 19.6. The number of carbonyl (C=O) groups is 3. The number of anilines is 1. The van der Waals surface area contributed by atoms with E-state index in [-0.39, 0.29) is 23.0 Å². The van der Waals surface area contributed by atoms with E-state index in [0.717, 1.165) is 17.8 Å². The molecule has 0 radical (unpaired) electrons. The zero-order valence-electron chi connectivity index (χ0n) is 18.8. The molecular weight excluding hydrogens is 460 g/mol. The molecule has 1 fully saturated rings. The van der Waals surface area contributed by atoms with Crippen LogP contribution in [0.15, 0.2) is 40.2 Å². The lowest BCUT2D eigenvalue weighted by atomic mass is 9.97. The number of rotatable bonds is 7. The van der Waals surface area contributed by atoms with E-state index in [9.17, 15) is 14.4 Å². The van der Waals surface area contributed by atoms with Gasteiger partial charge >= 0.3 is 11.9 Å². The summed E-state index contributed by atoms with van der Waals surface area (Å²) < 4.78 is 14.9. The lowest BCUT2D eigenvalue weighted by Gasteiger charge is -2.30. The predicted molar refractivity (Wildman–Crippen MR) is 123 cm³/mol. The number of carbonyl (C=O) groups excluding carboxylic acids is 3. The maximum absolute atomic E-state index is 13.0. The smallest absolute Gasteiger partial charge is 0.337 e. The van der Waals surface area contributed by atoms with Gasteiger partial charge in [0.15, 0.2) is 0 Å². The Bertz CT molecular complexity index is 1140. The van der Waals surface area contributed by atoms with Gasteiger partial charge in [-0.1, -0.05) is 11.2 Å². The van der Waals surface area contributed by atoms with Crippen LogP contribution in [-0.4, -0.2) is 60.2 Å². The summed E-state index contributed by atoms with van der Waals surface area (Å²) in [6, 6.07) is 8.17. The van der Waals surface area contributed by atoms with Crippen molar-refractivity contribution in [3.8, 4) is 10.7 Å². The van der Waals surface area contributed by atoms with Crippen molar-refractivity contribution >= 4 is 34.9 Å². The van der Waals surface area contributed by atoms with Crippen molar-refractivity contribution in [2.45, 2.75) is 19.4 Å². The fourth-order valence-electron chi connectivity index (χ4n) is 3.84. The quantitative estimate of drug-likeness (QED) is 0.503. The summed E-state index contributed by atoms with van der Waals surface area (Å²) in [5.41, 5.74) is 0.607. The number of aromatic nitrogens is 2. The summed E-state index contributed by atoms with van der Waals surface area (Å²) in [6.45, 7) is 1.78. The minimum absolute atomic E-state index is 0.143. The van der Waals surface area contributed by atoms with E-state index in [1.165, 1.54) is 43.8 Å². The van der Waals surface area contributed by atoms with Gasteiger partial charge in [0.1, 0.15) is 0 Å². The maximum atomic E-state index is 13.0. The van der Waals surface area contributed by atoms with Crippen LogP contribution < -0.4 is 5.32 Å². The van der Waals surface area contributed by atoms with Crippen molar-refractivity contribution in [1.29, 1.82) is 0 Å². The second-order valence-electron chi connectivity index (χ2n) is 7.83. The zero-order chi connectivity index (χ0) is 24.1. The van der Waals surface area contributed by atoms with Gasteiger partial charge in [-0.15, -0.1) is 11.3 Å². The Labute approximate surface area is 199 Å². The highest BCUT2D eigenvalue weighted by molar-refractivity contribution is 7.13. The molecule has 0 spiro atoms. The lowest BCUT2D eigenvalue weighted by Crippen LogP contribution is -2.40. The molecule has 2 aromatic heterocycles. The average molecular weight is 485 g/mol. The van der Waals surface area contributed by atoms with Crippen molar-refractivity contribution in [2.75, 3.05) is 32.6 Å². The molecular formula is C23H24N4O6S. The number of nitrogens with one attached hydrogen (secondary N) is 1. The molecule has 3 aromatic rings.